The minimum atomic E-state index is 0.718. The summed E-state index contributed by atoms with van der Waals surface area (Å²) >= 11 is 3.40. The van der Waals surface area contributed by atoms with Crippen LogP contribution in [0.4, 0.5) is 0 Å². The highest BCUT2D eigenvalue weighted by molar-refractivity contribution is 9.10. The fourth-order valence-electron chi connectivity index (χ4n) is 2.42. The molecular weight excluding hydrogens is 278 g/mol. The Morgan fingerprint density at radius 1 is 1.53 bits per heavy atom. The van der Waals surface area contributed by atoms with Crippen LogP contribution >= 0.6 is 15.9 Å². The summed E-state index contributed by atoms with van der Waals surface area (Å²) < 4.78 is 1.04. The number of aromatic nitrogens is 1. The van der Waals surface area contributed by atoms with E-state index < -0.39 is 0 Å². The van der Waals surface area contributed by atoms with Gasteiger partial charge in [0.25, 0.3) is 0 Å². The van der Waals surface area contributed by atoms with E-state index in [1.807, 2.05) is 12.3 Å². The molecule has 0 spiro atoms. The van der Waals surface area contributed by atoms with Crippen LogP contribution in [0.5, 0.6) is 0 Å². The number of rotatable bonds is 5. The normalized spacial score (nSPS) is 20.9. The largest absolute Gasteiger partial charge is 0.310 e. The molecule has 2 heterocycles. The molecule has 94 valence electrons. The van der Waals surface area contributed by atoms with Crippen molar-refractivity contribution in [2.45, 2.75) is 32.4 Å². The molecule has 1 atom stereocenters. The van der Waals surface area contributed by atoms with E-state index in [9.17, 15) is 0 Å². The van der Waals surface area contributed by atoms with Gasteiger partial charge >= 0.3 is 0 Å². The third-order valence-electron chi connectivity index (χ3n) is 3.38. The van der Waals surface area contributed by atoms with Gasteiger partial charge < -0.3 is 5.32 Å². The van der Waals surface area contributed by atoms with E-state index in [2.05, 4.69) is 44.1 Å². The maximum Gasteiger partial charge on any atom is 0.0542 e. The van der Waals surface area contributed by atoms with Crippen molar-refractivity contribution in [3.63, 3.8) is 0 Å². The molecular formula is C13H20BrN3. The van der Waals surface area contributed by atoms with E-state index in [1.54, 1.807) is 0 Å². The topological polar surface area (TPSA) is 28.2 Å². The van der Waals surface area contributed by atoms with Crippen LogP contribution in [0.3, 0.4) is 0 Å². The van der Waals surface area contributed by atoms with Crippen LogP contribution in [0.25, 0.3) is 0 Å². The Hall–Kier alpha value is -0.450. The van der Waals surface area contributed by atoms with E-state index >= 15 is 0 Å². The van der Waals surface area contributed by atoms with Crippen molar-refractivity contribution >= 4 is 15.9 Å². The van der Waals surface area contributed by atoms with Crippen molar-refractivity contribution < 1.29 is 0 Å². The smallest absolute Gasteiger partial charge is 0.0542 e. The molecule has 2 rings (SSSR count). The van der Waals surface area contributed by atoms with E-state index in [0.717, 1.165) is 29.3 Å². The van der Waals surface area contributed by atoms with Gasteiger partial charge in [-0.3, -0.25) is 9.88 Å². The van der Waals surface area contributed by atoms with E-state index in [-0.39, 0.29) is 0 Å². The monoisotopic (exact) mass is 297 g/mol. The minimum absolute atomic E-state index is 0.718. The second kappa shape index (κ2) is 6.47. The van der Waals surface area contributed by atoms with Gasteiger partial charge in [-0.1, -0.05) is 6.92 Å². The number of nitrogens with one attached hydrogen (secondary N) is 1. The molecule has 1 aliphatic heterocycles. The molecule has 0 aliphatic carbocycles. The predicted octanol–water partition coefficient (Wildman–Crippen LogP) is 2.42. The molecule has 1 N–H and O–H groups in total. The molecule has 1 unspecified atom stereocenters. The van der Waals surface area contributed by atoms with E-state index in [0.29, 0.717) is 0 Å². The Kier molecular flexibility index (Phi) is 4.95. The van der Waals surface area contributed by atoms with Gasteiger partial charge in [0.15, 0.2) is 0 Å². The number of pyridine rings is 1. The van der Waals surface area contributed by atoms with E-state index in [1.165, 1.54) is 25.9 Å². The average molecular weight is 298 g/mol. The summed E-state index contributed by atoms with van der Waals surface area (Å²) in [7, 11) is 0. The molecule has 1 saturated heterocycles. The van der Waals surface area contributed by atoms with Crippen molar-refractivity contribution in [3.8, 4) is 0 Å². The van der Waals surface area contributed by atoms with Gasteiger partial charge in [0.2, 0.25) is 0 Å². The van der Waals surface area contributed by atoms with Crippen molar-refractivity contribution in [2.75, 3.05) is 19.6 Å². The van der Waals surface area contributed by atoms with Gasteiger partial charge in [-0.2, -0.15) is 0 Å². The van der Waals surface area contributed by atoms with E-state index in [4.69, 9.17) is 0 Å². The van der Waals surface area contributed by atoms with Crippen LogP contribution in [-0.4, -0.2) is 35.6 Å². The molecule has 0 saturated carbocycles. The molecule has 0 aromatic carbocycles. The summed E-state index contributed by atoms with van der Waals surface area (Å²) in [6.07, 6.45) is 4.52. The first kappa shape index (κ1) is 13.0. The van der Waals surface area contributed by atoms with Crippen LogP contribution in [0.1, 0.15) is 25.5 Å². The number of likely N-dealkylation sites (N-methyl/N-ethyl adjacent to an activating group) is 1. The molecule has 0 bridgehead atoms. The summed E-state index contributed by atoms with van der Waals surface area (Å²) in [6.45, 7) is 6.61. The van der Waals surface area contributed by atoms with Crippen molar-refractivity contribution in [2.24, 2.45) is 0 Å². The van der Waals surface area contributed by atoms with Crippen LogP contribution in [0, 0.1) is 0 Å². The molecule has 1 aromatic heterocycles. The molecule has 4 heteroatoms. The first-order chi connectivity index (χ1) is 8.29. The highest BCUT2D eigenvalue weighted by atomic mass is 79.9. The highest BCUT2D eigenvalue weighted by Gasteiger charge is 2.21. The number of nitrogens with zero attached hydrogens (tertiary/aromatic N) is 2. The Labute approximate surface area is 112 Å². The van der Waals surface area contributed by atoms with Crippen LogP contribution in [0.15, 0.2) is 22.8 Å². The Balaban J connectivity index is 1.74. The van der Waals surface area contributed by atoms with Crippen LogP contribution in [-0.2, 0) is 6.54 Å². The van der Waals surface area contributed by atoms with Gasteiger partial charge in [-0.15, -0.1) is 0 Å². The van der Waals surface area contributed by atoms with Crippen molar-refractivity contribution in [3.05, 3.63) is 28.5 Å². The number of hydrogen-bond acceptors (Lipinski definition) is 3. The minimum Gasteiger partial charge on any atom is -0.310 e. The third kappa shape index (κ3) is 3.76. The summed E-state index contributed by atoms with van der Waals surface area (Å²) in [6, 6.07) is 4.82. The second-order valence-corrected chi connectivity index (χ2v) is 5.44. The molecule has 1 fully saturated rings. The summed E-state index contributed by atoms with van der Waals surface area (Å²) in [5, 5.41) is 3.51. The fraction of sp³-hybridized carbons (Fsp3) is 0.615. The van der Waals surface area contributed by atoms with Gasteiger partial charge in [0.1, 0.15) is 0 Å². The second-order valence-electron chi connectivity index (χ2n) is 4.52. The van der Waals surface area contributed by atoms with Crippen LogP contribution < -0.4 is 5.32 Å². The standard InChI is InChI=1S/C13H20BrN3/c1-2-17-7-3-4-13(17)10-15-9-12-6-5-11(14)8-16-12/h5-6,8,13,15H,2-4,7,9-10H2,1H3. The maximum absolute atomic E-state index is 4.36. The SMILES string of the molecule is CCN1CCCC1CNCc1ccc(Br)cn1. The number of likely N-dealkylation sites (tertiary alicyclic amines) is 1. The molecule has 1 aromatic rings. The highest BCUT2D eigenvalue weighted by Crippen LogP contribution is 2.15. The molecule has 1 aliphatic rings. The zero-order chi connectivity index (χ0) is 12.1. The fourth-order valence-corrected chi connectivity index (χ4v) is 2.66. The maximum atomic E-state index is 4.36. The zero-order valence-corrected chi connectivity index (χ0v) is 11.9. The molecule has 3 nitrogen and oxygen atoms in total. The summed E-state index contributed by atoms with van der Waals surface area (Å²) in [5.74, 6) is 0. The lowest BCUT2D eigenvalue weighted by atomic mass is 10.2. The molecule has 0 amide bonds. The quantitative estimate of drug-likeness (QED) is 0.905. The predicted molar refractivity (Wildman–Crippen MR) is 73.9 cm³/mol. The van der Waals surface area contributed by atoms with Crippen LogP contribution in [0.2, 0.25) is 0 Å². The first-order valence-corrected chi connectivity index (χ1v) is 7.14. The van der Waals surface area contributed by atoms with Gasteiger partial charge in [-0.05, 0) is 54.0 Å². The third-order valence-corrected chi connectivity index (χ3v) is 3.85. The zero-order valence-electron chi connectivity index (χ0n) is 10.3. The van der Waals surface area contributed by atoms with Gasteiger partial charge in [0.05, 0.1) is 5.69 Å². The Morgan fingerprint density at radius 3 is 3.12 bits per heavy atom. The van der Waals surface area contributed by atoms with Gasteiger partial charge in [-0.25, -0.2) is 0 Å². The number of halogens is 1. The lowest BCUT2D eigenvalue weighted by Crippen LogP contribution is -2.37. The first-order valence-electron chi connectivity index (χ1n) is 6.35. The molecule has 0 radical (unpaired) electrons. The van der Waals surface area contributed by atoms with Crippen molar-refractivity contribution in [1.29, 1.82) is 0 Å². The van der Waals surface area contributed by atoms with Gasteiger partial charge in [0, 0.05) is 29.8 Å². The lowest BCUT2D eigenvalue weighted by molar-refractivity contribution is 0.259. The summed E-state index contributed by atoms with van der Waals surface area (Å²) in [5.41, 5.74) is 1.11. The average Bonchev–Trinajstić information content (AvgIpc) is 2.79. The van der Waals surface area contributed by atoms with Crippen molar-refractivity contribution in [1.82, 2.24) is 15.2 Å². The Bertz CT molecular complexity index is 339. The summed E-state index contributed by atoms with van der Waals surface area (Å²) in [4.78, 5) is 6.92. The Morgan fingerprint density at radius 2 is 2.41 bits per heavy atom. The number of hydrogen-bond donors (Lipinski definition) is 1. The lowest BCUT2D eigenvalue weighted by Gasteiger charge is -2.22. The molecule has 17 heavy (non-hydrogen) atoms.